The van der Waals surface area contributed by atoms with Crippen LogP contribution in [-0.2, 0) is 22.6 Å². The van der Waals surface area contributed by atoms with Gasteiger partial charge < -0.3 is 5.73 Å². The maximum absolute atomic E-state index is 12.9. The molecule has 7 heteroatoms. The van der Waals surface area contributed by atoms with Crippen molar-refractivity contribution in [3.63, 3.8) is 0 Å². The Morgan fingerprint density at radius 1 is 1.32 bits per heavy atom. The number of rotatable bonds is 3. The van der Waals surface area contributed by atoms with Crippen LogP contribution in [0.15, 0.2) is 24.3 Å². The number of sulfone groups is 1. The zero-order valence-corrected chi connectivity index (χ0v) is 11.4. The summed E-state index contributed by atoms with van der Waals surface area (Å²) in [5.74, 6) is -0.216. The largest absolute Gasteiger partial charge is 0.383 e. The van der Waals surface area contributed by atoms with Crippen molar-refractivity contribution < 1.29 is 12.8 Å². The van der Waals surface area contributed by atoms with E-state index in [0.717, 1.165) is 6.26 Å². The quantitative estimate of drug-likeness (QED) is 0.922. The van der Waals surface area contributed by atoms with Gasteiger partial charge in [0, 0.05) is 18.9 Å². The van der Waals surface area contributed by atoms with Gasteiger partial charge in [0.05, 0.1) is 11.4 Å². The summed E-state index contributed by atoms with van der Waals surface area (Å²) in [7, 11) is -1.59. The molecule has 19 heavy (non-hydrogen) atoms. The Hall–Kier alpha value is -1.89. The van der Waals surface area contributed by atoms with Crippen molar-refractivity contribution in [3.8, 4) is 11.1 Å². The maximum atomic E-state index is 12.9. The number of nitrogens with two attached hydrogens (primary N) is 1. The van der Waals surface area contributed by atoms with Crippen LogP contribution >= 0.6 is 0 Å². The Bertz CT molecular complexity index is 705. The number of hydrogen-bond donors (Lipinski definition) is 1. The van der Waals surface area contributed by atoms with Crippen LogP contribution in [0.1, 0.15) is 5.69 Å². The van der Waals surface area contributed by atoms with Gasteiger partial charge in [0.15, 0.2) is 9.84 Å². The molecule has 0 spiro atoms. The van der Waals surface area contributed by atoms with Crippen molar-refractivity contribution >= 4 is 15.7 Å². The van der Waals surface area contributed by atoms with Crippen molar-refractivity contribution in [2.75, 3.05) is 12.0 Å². The average Bonchev–Trinajstić information content (AvgIpc) is 2.54. The SMILES string of the molecule is Cn1nc(CS(C)(=O)=O)c(-c2ccc(F)cc2)c1N. The average molecular weight is 283 g/mol. The molecule has 0 fully saturated rings. The van der Waals surface area contributed by atoms with Gasteiger partial charge in [0.2, 0.25) is 0 Å². The Morgan fingerprint density at radius 2 is 1.89 bits per heavy atom. The standard InChI is InChI=1S/C12H14FN3O2S/c1-16-12(14)11(8-3-5-9(13)6-4-8)10(15-16)7-19(2,17)18/h3-6H,7,14H2,1-2H3. The van der Waals surface area contributed by atoms with Crippen molar-refractivity contribution in [2.24, 2.45) is 7.05 Å². The lowest BCUT2D eigenvalue weighted by molar-refractivity contribution is 0.600. The highest BCUT2D eigenvalue weighted by atomic mass is 32.2. The maximum Gasteiger partial charge on any atom is 0.153 e. The number of benzene rings is 1. The molecule has 0 saturated heterocycles. The lowest BCUT2D eigenvalue weighted by atomic mass is 10.1. The predicted octanol–water partition coefficient (Wildman–Crippen LogP) is 1.35. The monoisotopic (exact) mass is 283 g/mol. The summed E-state index contributed by atoms with van der Waals surface area (Å²) in [5, 5.41) is 4.11. The van der Waals surface area contributed by atoms with E-state index in [4.69, 9.17) is 5.73 Å². The first-order valence-corrected chi connectivity index (χ1v) is 7.59. The van der Waals surface area contributed by atoms with Crippen molar-refractivity contribution in [3.05, 3.63) is 35.8 Å². The van der Waals surface area contributed by atoms with Crippen LogP contribution in [0.2, 0.25) is 0 Å². The molecule has 0 unspecified atom stereocenters. The molecule has 0 bridgehead atoms. The molecule has 2 N–H and O–H groups in total. The van der Waals surface area contributed by atoms with Gasteiger partial charge in [-0.1, -0.05) is 12.1 Å². The summed E-state index contributed by atoms with van der Waals surface area (Å²) < 4.78 is 37.2. The topological polar surface area (TPSA) is 78.0 Å². The van der Waals surface area contributed by atoms with E-state index in [-0.39, 0.29) is 11.6 Å². The summed E-state index contributed by atoms with van der Waals surface area (Å²) in [6, 6.07) is 5.70. The zero-order valence-electron chi connectivity index (χ0n) is 10.6. The minimum atomic E-state index is -3.22. The third kappa shape index (κ3) is 2.93. The molecule has 0 saturated carbocycles. The van der Waals surface area contributed by atoms with E-state index < -0.39 is 9.84 Å². The normalized spacial score (nSPS) is 11.7. The first kappa shape index (κ1) is 13.5. The van der Waals surface area contributed by atoms with Crippen LogP contribution in [0.3, 0.4) is 0 Å². The fourth-order valence-corrected chi connectivity index (χ4v) is 2.57. The summed E-state index contributed by atoms with van der Waals surface area (Å²) in [4.78, 5) is 0. The van der Waals surface area contributed by atoms with Gasteiger partial charge in [-0.25, -0.2) is 12.8 Å². The van der Waals surface area contributed by atoms with E-state index in [2.05, 4.69) is 5.10 Å². The Kier molecular flexibility index (Phi) is 3.32. The molecule has 0 amide bonds. The molecule has 0 aliphatic heterocycles. The molecule has 0 aliphatic rings. The zero-order chi connectivity index (χ0) is 14.2. The van der Waals surface area contributed by atoms with Gasteiger partial charge >= 0.3 is 0 Å². The van der Waals surface area contributed by atoms with Crippen molar-refractivity contribution in [2.45, 2.75) is 5.75 Å². The Morgan fingerprint density at radius 3 is 2.42 bits per heavy atom. The minimum Gasteiger partial charge on any atom is -0.383 e. The number of nitrogen functional groups attached to an aromatic ring is 1. The molecule has 1 heterocycles. The molecule has 0 radical (unpaired) electrons. The van der Waals surface area contributed by atoms with E-state index in [0.29, 0.717) is 22.6 Å². The number of aromatic nitrogens is 2. The summed E-state index contributed by atoms with van der Waals surface area (Å²) in [6.45, 7) is 0. The van der Waals surface area contributed by atoms with Gasteiger partial charge in [-0.3, -0.25) is 4.68 Å². The highest BCUT2D eigenvalue weighted by Gasteiger charge is 2.19. The van der Waals surface area contributed by atoms with Crippen LogP contribution in [0, 0.1) is 5.82 Å². The van der Waals surface area contributed by atoms with Gasteiger partial charge in [0.1, 0.15) is 11.6 Å². The third-order valence-corrected chi connectivity index (χ3v) is 3.49. The summed E-state index contributed by atoms with van der Waals surface area (Å²) in [5.41, 5.74) is 7.45. The van der Waals surface area contributed by atoms with E-state index in [1.165, 1.54) is 16.8 Å². The van der Waals surface area contributed by atoms with Crippen LogP contribution in [-0.4, -0.2) is 24.5 Å². The summed E-state index contributed by atoms with van der Waals surface area (Å²) in [6.07, 6.45) is 1.13. The molecule has 0 aliphatic carbocycles. The second-order valence-electron chi connectivity index (χ2n) is 4.41. The summed E-state index contributed by atoms with van der Waals surface area (Å²) >= 11 is 0. The van der Waals surface area contributed by atoms with Crippen LogP contribution < -0.4 is 5.73 Å². The van der Waals surface area contributed by atoms with Gasteiger partial charge in [0.25, 0.3) is 0 Å². The lowest BCUT2D eigenvalue weighted by Gasteiger charge is -2.03. The molecule has 2 rings (SSSR count). The van der Waals surface area contributed by atoms with Gasteiger partial charge in [-0.15, -0.1) is 0 Å². The predicted molar refractivity (Wildman–Crippen MR) is 71.6 cm³/mol. The second kappa shape index (κ2) is 4.65. The molecular weight excluding hydrogens is 269 g/mol. The molecular formula is C12H14FN3O2S. The number of aryl methyl sites for hydroxylation is 1. The first-order valence-electron chi connectivity index (χ1n) is 5.53. The van der Waals surface area contributed by atoms with E-state index in [9.17, 15) is 12.8 Å². The Balaban J connectivity index is 2.58. The molecule has 102 valence electrons. The third-order valence-electron chi connectivity index (χ3n) is 2.70. The van der Waals surface area contributed by atoms with Crippen LogP contribution in [0.5, 0.6) is 0 Å². The Labute approximate surface area is 110 Å². The molecule has 1 aromatic carbocycles. The first-order chi connectivity index (χ1) is 8.78. The molecule has 2 aromatic rings. The van der Waals surface area contributed by atoms with Gasteiger partial charge in [-0.2, -0.15) is 5.10 Å². The van der Waals surface area contributed by atoms with Gasteiger partial charge in [-0.05, 0) is 17.7 Å². The fourth-order valence-electron chi connectivity index (χ4n) is 1.88. The molecule has 5 nitrogen and oxygen atoms in total. The van der Waals surface area contributed by atoms with Crippen LogP contribution in [0.4, 0.5) is 10.2 Å². The molecule has 1 aromatic heterocycles. The highest BCUT2D eigenvalue weighted by molar-refractivity contribution is 7.89. The van der Waals surface area contributed by atoms with Crippen molar-refractivity contribution in [1.82, 2.24) is 9.78 Å². The smallest absolute Gasteiger partial charge is 0.153 e. The highest BCUT2D eigenvalue weighted by Crippen LogP contribution is 2.30. The molecule has 0 atom stereocenters. The lowest BCUT2D eigenvalue weighted by Crippen LogP contribution is -2.03. The van der Waals surface area contributed by atoms with Crippen LogP contribution in [0.25, 0.3) is 11.1 Å². The number of anilines is 1. The van der Waals surface area contributed by atoms with E-state index in [1.54, 1.807) is 19.2 Å². The second-order valence-corrected chi connectivity index (χ2v) is 6.55. The number of nitrogens with zero attached hydrogens (tertiary/aromatic N) is 2. The van der Waals surface area contributed by atoms with Crippen molar-refractivity contribution in [1.29, 1.82) is 0 Å². The fraction of sp³-hybridized carbons (Fsp3) is 0.250. The number of hydrogen-bond acceptors (Lipinski definition) is 4. The number of halogens is 1. The van der Waals surface area contributed by atoms with E-state index >= 15 is 0 Å². The minimum absolute atomic E-state index is 0.204. The van der Waals surface area contributed by atoms with E-state index in [1.807, 2.05) is 0 Å².